The van der Waals surface area contributed by atoms with Gasteiger partial charge < -0.3 is 10.4 Å². The second-order valence-electron chi connectivity index (χ2n) is 7.67. The van der Waals surface area contributed by atoms with Crippen molar-refractivity contribution in [2.45, 2.75) is 38.3 Å². The molecular formula is C24H24N2O3. The van der Waals surface area contributed by atoms with Crippen molar-refractivity contribution in [1.29, 1.82) is 0 Å². The van der Waals surface area contributed by atoms with Crippen molar-refractivity contribution in [3.63, 3.8) is 0 Å². The first kappa shape index (κ1) is 19.1. The van der Waals surface area contributed by atoms with Crippen LogP contribution in [0.15, 0.2) is 48.5 Å². The topological polar surface area (TPSA) is 69.6 Å². The summed E-state index contributed by atoms with van der Waals surface area (Å²) in [6.07, 6.45) is 2.78. The normalized spacial score (nSPS) is 18.1. The zero-order valence-electron chi connectivity index (χ0n) is 16.2. The van der Waals surface area contributed by atoms with E-state index in [0.29, 0.717) is 13.1 Å². The van der Waals surface area contributed by atoms with E-state index in [1.165, 1.54) is 4.90 Å². The van der Waals surface area contributed by atoms with E-state index in [1.54, 1.807) is 0 Å². The Balaban J connectivity index is 1.42. The Morgan fingerprint density at radius 2 is 1.86 bits per heavy atom. The highest BCUT2D eigenvalue weighted by atomic mass is 16.4. The molecule has 29 heavy (non-hydrogen) atoms. The smallest absolute Gasteiger partial charge is 0.408 e. The van der Waals surface area contributed by atoms with Crippen LogP contribution in [0, 0.1) is 17.8 Å². The van der Waals surface area contributed by atoms with Gasteiger partial charge in [0.1, 0.15) is 0 Å². The van der Waals surface area contributed by atoms with Crippen LogP contribution in [-0.4, -0.2) is 34.6 Å². The first-order valence-corrected chi connectivity index (χ1v) is 10.1. The van der Waals surface area contributed by atoms with E-state index in [1.807, 2.05) is 48.5 Å². The van der Waals surface area contributed by atoms with Gasteiger partial charge in [-0.05, 0) is 54.5 Å². The van der Waals surface area contributed by atoms with Gasteiger partial charge >= 0.3 is 6.09 Å². The van der Waals surface area contributed by atoms with Gasteiger partial charge in [-0.3, -0.25) is 9.69 Å². The lowest BCUT2D eigenvalue weighted by Gasteiger charge is -2.15. The standard InChI is InChI=1S/C24H24N2O3/c27-23(20-11-12-20)25-16-18-6-9-19(10-7-18)21-4-1-3-17(15-21)8-13-22-5-2-14-26(22)24(28)29/h1,3-4,6-7,9-10,15,20,22H,2,5,11-12,14,16H2,(H,25,27)(H,28,29)/t22-/m0/s1. The maximum atomic E-state index is 11.8. The van der Waals surface area contributed by atoms with Crippen LogP contribution in [0.5, 0.6) is 0 Å². The number of carbonyl (C=O) groups excluding carboxylic acids is 1. The summed E-state index contributed by atoms with van der Waals surface area (Å²) in [6.45, 7) is 1.12. The van der Waals surface area contributed by atoms with Crippen LogP contribution in [0.25, 0.3) is 11.1 Å². The summed E-state index contributed by atoms with van der Waals surface area (Å²) in [5.41, 5.74) is 4.10. The molecule has 2 aromatic carbocycles. The van der Waals surface area contributed by atoms with E-state index < -0.39 is 6.09 Å². The molecule has 4 rings (SSSR count). The fourth-order valence-electron chi connectivity index (χ4n) is 3.58. The molecule has 2 aromatic rings. The number of carboxylic acid groups (broad SMARTS) is 1. The summed E-state index contributed by atoms with van der Waals surface area (Å²) in [6, 6.07) is 15.9. The summed E-state index contributed by atoms with van der Waals surface area (Å²) in [4.78, 5) is 24.4. The minimum atomic E-state index is -0.899. The third-order valence-electron chi connectivity index (χ3n) is 5.45. The van der Waals surface area contributed by atoms with Crippen LogP contribution in [0.1, 0.15) is 36.8 Å². The van der Waals surface area contributed by atoms with Gasteiger partial charge in [0.2, 0.25) is 5.91 Å². The Bertz CT molecular complexity index is 968. The van der Waals surface area contributed by atoms with E-state index in [0.717, 1.165) is 47.9 Å². The Kier molecular flexibility index (Phi) is 5.53. The van der Waals surface area contributed by atoms with Crippen LogP contribution in [-0.2, 0) is 11.3 Å². The molecule has 1 heterocycles. The van der Waals surface area contributed by atoms with Crippen molar-refractivity contribution < 1.29 is 14.7 Å². The number of hydrogen-bond acceptors (Lipinski definition) is 2. The van der Waals surface area contributed by atoms with Crippen molar-refractivity contribution in [1.82, 2.24) is 10.2 Å². The molecular weight excluding hydrogens is 364 g/mol. The molecule has 2 aliphatic rings. The van der Waals surface area contributed by atoms with E-state index in [2.05, 4.69) is 17.2 Å². The maximum Gasteiger partial charge on any atom is 0.408 e. The Morgan fingerprint density at radius 3 is 2.59 bits per heavy atom. The minimum Gasteiger partial charge on any atom is -0.465 e. The van der Waals surface area contributed by atoms with Gasteiger partial charge in [0.15, 0.2) is 0 Å². The van der Waals surface area contributed by atoms with Gasteiger partial charge in [-0.25, -0.2) is 4.79 Å². The molecule has 1 aliphatic carbocycles. The van der Waals surface area contributed by atoms with Gasteiger partial charge in [-0.15, -0.1) is 0 Å². The van der Waals surface area contributed by atoms with E-state index >= 15 is 0 Å². The third-order valence-corrected chi connectivity index (χ3v) is 5.45. The Hall–Kier alpha value is -3.26. The number of carbonyl (C=O) groups is 2. The predicted octanol–water partition coefficient (Wildman–Crippen LogP) is 3.87. The van der Waals surface area contributed by atoms with Crippen molar-refractivity contribution in [2.24, 2.45) is 5.92 Å². The SMILES string of the molecule is O=C(NCc1ccc(-c2cccc(C#C[C@@H]3CCCN3C(=O)O)c2)cc1)C1CC1. The molecule has 5 heteroatoms. The largest absolute Gasteiger partial charge is 0.465 e. The first-order valence-electron chi connectivity index (χ1n) is 10.1. The molecule has 0 unspecified atom stereocenters. The Labute approximate surface area is 170 Å². The third kappa shape index (κ3) is 4.78. The Morgan fingerprint density at radius 1 is 1.07 bits per heavy atom. The first-order chi connectivity index (χ1) is 14.1. The van der Waals surface area contributed by atoms with Gasteiger partial charge in [0.25, 0.3) is 0 Å². The highest BCUT2D eigenvalue weighted by Crippen LogP contribution is 2.29. The molecule has 2 N–H and O–H groups in total. The summed E-state index contributed by atoms with van der Waals surface area (Å²) < 4.78 is 0. The average Bonchev–Trinajstić information content (AvgIpc) is 3.48. The molecule has 2 amide bonds. The molecule has 1 atom stereocenters. The number of amides is 2. The number of hydrogen-bond donors (Lipinski definition) is 2. The predicted molar refractivity (Wildman–Crippen MR) is 111 cm³/mol. The molecule has 1 aliphatic heterocycles. The molecule has 1 saturated carbocycles. The van der Waals surface area contributed by atoms with E-state index in [4.69, 9.17) is 0 Å². The van der Waals surface area contributed by atoms with Crippen LogP contribution in [0.4, 0.5) is 4.79 Å². The lowest BCUT2D eigenvalue weighted by atomic mass is 10.0. The van der Waals surface area contributed by atoms with Crippen molar-refractivity contribution >= 4 is 12.0 Å². The molecule has 2 fully saturated rings. The summed E-state index contributed by atoms with van der Waals surface area (Å²) in [7, 11) is 0. The van der Waals surface area contributed by atoms with Crippen LogP contribution in [0.2, 0.25) is 0 Å². The van der Waals surface area contributed by atoms with Gasteiger partial charge in [-0.2, -0.15) is 0 Å². The number of benzene rings is 2. The number of rotatable bonds is 4. The molecule has 0 aromatic heterocycles. The molecule has 1 saturated heterocycles. The van der Waals surface area contributed by atoms with E-state index in [-0.39, 0.29) is 17.9 Å². The molecule has 0 spiro atoms. The molecule has 5 nitrogen and oxygen atoms in total. The fraction of sp³-hybridized carbons (Fsp3) is 0.333. The maximum absolute atomic E-state index is 11.8. The zero-order valence-corrected chi connectivity index (χ0v) is 16.2. The number of nitrogens with one attached hydrogen (secondary N) is 1. The number of nitrogens with zero attached hydrogens (tertiary/aromatic N) is 1. The van der Waals surface area contributed by atoms with Crippen molar-refractivity contribution in [2.75, 3.05) is 6.54 Å². The molecule has 0 radical (unpaired) electrons. The van der Waals surface area contributed by atoms with Gasteiger partial charge in [0.05, 0.1) is 6.04 Å². The number of likely N-dealkylation sites (tertiary alicyclic amines) is 1. The fourth-order valence-corrected chi connectivity index (χ4v) is 3.58. The summed E-state index contributed by atoms with van der Waals surface area (Å²) in [5, 5.41) is 12.2. The van der Waals surface area contributed by atoms with Crippen molar-refractivity contribution in [3.05, 3.63) is 59.7 Å². The molecule has 0 bridgehead atoms. The monoisotopic (exact) mass is 388 g/mol. The zero-order chi connectivity index (χ0) is 20.2. The highest BCUT2D eigenvalue weighted by Gasteiger charge is 2.29. The van der Waals surface area contributed by atoms with Gasteiger partial charge in [0, 0.05) is 24.6 Å². The second-order valence-corrected chi connectivity index (χ2v) is 7.67. The van der Waals surface area contributed by atoms with Crippen LogP contribution < -0.4 is 5.32 Å². The van der Waals surface area contributed by atoms with E-state index in [9.17, 15) is 14.7 Å². The van der Waals surface area contributed by atoms with Crippen LogP contribution in [0.3, 0.4) is 0 Å². The lowest BCUT2D eigenvalue weighted by molar-refractivity contribution is -0.122. The second kappa shape index (κ2) is 8.40. The quantitative estimate of drug-likeness (QED) is 0.781. The van der Waals surface area contributed by atoms with Gasteiger partial charge in [-0.1, -0.05) is 48.2 Å². The lowest BCUT2D eigenvalue weighted by Crippen LogP contribution is -2.33. The average molecular weight is 388 g/mol. The van der Waals surface area contributed by atoms with Crippen molar-refractivity contribution in [3.8, 4) is 23.0 Å². The summed E-state index contributed by atoms with van der Waals surface area (Å²) >= 11 is 0. The summed E-state index contributed by atoms with van der Waals surface area (Å²) in [5.74, 6) is 6.64. The minimum absolute atomic E-state index is 0.157. The highest BCUT2D eigenvalue weighted by molar-refractivity contribution is 5.80. The van der Waals surface area contributed by atoms with Crippen LogP contribution >= 0.6 is 0 Å². The molecule has 148 valence electrons.